The highest BCUT2D eigenvalue weighted by molar-refractivity contribution is 5.95. The third kappa shape index (κ3) is 3.42. The maximum Gasteiger partial charge on any atom is 0.272 e. The standard InChI is InChI=1S/C20H23N3O3/c24-19(22-10-12-26-13-11-22)16-5-3-9-23(14-16)20(25)18-8-7-15-4-1-2-6-17(15)21-18/h1-2,4,6-8,16H,3,5,9-14H2/t16-/m1/s1. The smallest absolute Gasteiger partial charge is 0.272 e. The molecule has 2 amide bonds. The number of amides is 2. The highest BCUT2D eigenvalue weighted by Crippen LogP contribution is 2.22. The van der Waals surface area contributed by atoms with Crippen LogP contribution < -0.4 is 0 Å². The molecule has 0 saturated carbocycles. The van der Waals surface area contributed by atoms with Crippen molar-refractivity contribution in [3.63, 3.8) is 0 Å². The number of morpholine rings is 1. The molecule has 136 valence electrons. The number of benzene rings is 1. The molecule has 26 heavy (non-hydrogen) atoms. The quantitative estimate of drug-likeness (QED) is 0.828. The van der Waals surface area contributed by atoms with Gasteiger partial charge in [0.05, 0.1) is 24.6 Å². The maximum absolute atomic E-state index is 12.9. The molecular formula is C20H23N3O3. The number of carbonyl (C=O) groups excluding carboxylic acids is 2. The SMILES string of the molecule is O=C(c1ccc2ccccc2n1)N1CCC[C@@H](C(=O)N2CCOCC2)C1. The molecule has 0 aliphatic carbocycles. The number of nitrogens with zero attached hydrogens (tertiary/aromatic N) is 3. The number of likely N-dealkylation sites (tertiary alicyclic amines) is 1. The van der Waals surface area contributed by atoms with E-state index in [1.807, 2.05) is 35.2 Å². The summed E-state index contributed by atoms with van der Waals surface area (Å²) in [7, 11) is 0. The van der Waals surface area contributed by atoms with Gasteiger partial charge in [0.1, 0.15) is 5.69 Å². The zero-order valence-corrected chi connectivity index (χ0v) is 14.8. The minimum absolute atomic E-state index is 0.0877. The van der Waals surface area contributed by atoms with Gasteiger partial charge in [0.15, 0.2) is 0 Å². The van der Waals surface area contributed by atoms with Crippen LogP contribution in [0.4, 0.5) is 0 Å². The molecule has 1 atom stereocenters. The number of hydrogen-bond acceptors (Lipinski definition) is 4. The van der Waals surface area contributed by atoms with Gasteiger partial charge < -0.3 is 14.5 Å². The van der Waals surface area contributed by atoms with Crippen LogP contribution in [0.2, 0.25) is 0 Å². The van der Waals surface area contributed by atoms with E-state index in [2.05, 4.69) is 4.98 Å². The van der Waals surface area contributed by atoms with Crippen LogP contribution in [-0.2, 0) is 9.53 Å². The molecule has 0 radical (unpaired) electrons. The number of piperidine rings is 1. The van der Waals surface area contributed by atoms with Crippen molar-refractivity contribution in [3.05, 3.63) is 42.1 Å². The van der Waals surface area contributed by atoms with E-state index in [4.69, 9.17) is 4.74 Å². The van der Waals surface area contributed by atoms with Crippen molar-refractivity contribution in [2.24, 2.45) is 5.92 Å². The van der Waals surface area contributed by atoms with Gasteiger partial charge in [-0.3, -0.25) is 9.59 Å². The summed E-state index contributed by atoms with van der Waals surface area (Å²) in [5, 5.41) is 1.02. The largest absolute Gasteiger partial charge is 0.378 e. The number of hydrogen-bond donors (Lipinski definition) is 0. The third-order valence-electron chi connectivity index (χ3n) is 5.20. The summed E-state index contributed by atoms with van der Waals surface area (Å²) < 4.78 is 5.32. The average molecular weight is 353 g/mol. The molecule has 2 aromatic rings. The molecule has 0 unspecified atom stereocenters. The summed E-state index contributed by atoms with van der Waals surface area (Å²) in [6.45, 7) is 3.65. The minimum atomic E-state index is -0.119. The molecule has 6 nitrogen and oxygen atoms in total. The van der Waals surface area contributed by atoms with Crippen LogP contribution in [0.5, 0.6) is 0 Å². The Morgan fingerprint density at radius 1 is 1.00 bits per heavy atom. The highest BCUT2D eigenvalue weighted by Gasteiger charge is 2.32. The summed E-state index contributed by atoms with van der Waals surface area (Å²) >= 11 is 0. The number of rotatable bonds is 2. The van der Waals surface area contributed by atoms with E-state index in [1.54, 1.807) is 11.0 Å². The topological polar surface area (TPSA) is 62.7 Å². The molecule has 0 spiro atoms. The Hall–Kier alpha value is -2.47. The first-order valence-electron chi connectivity index (χ1n) is 9.24. The third-order valence-corrected chi connectivity index (χ3v) is 5.20. The number of fused-ring (bicyclic) bond motifs is 1. The van der Waals surface area contributed by atoms with E-state index >= 15 is 0 Å². The Labute approximate surface area is 152 Å². The van der Waals surface area contributed by atoms with Gasteiger partial charge in [-0.2, -0.15) is 0 Å². The molecule has 0 N–H and O–H groups in total. The van der Waals surface area contributed by atoms with Crippen LogP contribution in [0, 0.1) is 5.92 Å². The summed E-state index contributed by atoms with van der Waals surface area (Å²) in [5.41, 5.74) is 1.26. The summed E-state index contributed by atoms with van der Waals surface area (Å²) in [6.07, 6.45) is 1.69. The minimum Gasteiger partial charge on any atom is -0.378 e. The fourth-order valence-electron chi connectivity index (χ4n) is 3.75. The molecule has 2 fully saturated rings. The number of para-hydroxylation sites is 1. The first kappa shape index (κ1) is 17.0. The molecule has 2 aliphatic heterocycles. The first-order valence-corrected chi connectivity index (χ1v) is 9.24. The number of ether oxygens (including phenoxy) is 1. The fourth-order valence-corrected chi connectivity index (χ4v) is 3.75. The second-order valence-corrected chi connectivity index (χ2v) is 6.92. The van der Waals surface area contributed by atoms with Crippen LogP contribution in [-0.4, -0.2) is 66.0 Å². The molecule has 1 aromatic heterocycles. The predicted octanol–water partition coefficient (Wildman–Crippen LogP) is 1.95. The van der Waals surface area contributed by atoms with Gasteiger partial charge in [-0.25, -0.2) is 4.98 Å². The van der Waals surface area contributed by atoms with Crippen LogP contribution in [0.3, 0.4) is 0 Å². The zero-order chi connectivity index (χ0) is 17.9. The van der Waals surface area contributed by atoms with Crippen LogP contribution in [0.1, 0.15) is 23.3 Å². The first-order chi connectivity index (χ1) is 12.7. The van der Waals surface area contributed by atoms with E-state index in [0.717, 1.165) is 23.7 Å². The lowest BCUT2D eigenvalue weighted by Gasteiger charge is -2.36. The summed E-state index contributed by atoms with van der Waals surface area (Å²) in [5.74, 6) is -0.0567. The Morgan fingerprint density at radius 2 is 1.81 bits per heavy atom. The van der Waals surface area contributed by atoms with E-state index in [9.17, 15) is 9.59 Å². The lowest BCUT2D eigenvalue weighted by Crippen LogP contribution is -2.49. The zero-order valence-electron chi connectivity index (χ0n) is 14.8. The van der Waals surface area contributed by atoms with Gasteiger partial charge in [-0.05, 0) is 25.0 Å². The summed E-state index contributed by atoms with van der Waals surface area (Å²) in [6, 6.07) is 11.5. The second-order valence-electron chi connectivity index (χ2n) is 6.92. The van der Waals surface area contributed by atoms with Crippen LogP contribution in [0.15, 0.2) is 36.4 Å². The molecule has 3 heterocycles. The van der Waals surface area contributed by atoms with Gasteiger partial charge in [0.25, 0.3) is 5.91 Å². The van der Waals surface area contributed by atoms with Crippen molar-refractivity contribution in [1.82, 2.24) is 14.8 Å². The van der Waals surface area contributed by atoms with E-state index in [1.165, 1.54) is 0 Å². The van der Waals surface area contributed by atoms with Gasteiger partial charge >= 0.3 is 0 Å². The van der Waals surface area contributed by atoms with Crippen molar-refractivity contribution in [2.75, 3.05) is 39.4 Å². The lowest BCUT2D eigenvalue weighted by molar-refractivity contribution is -0.141. The molecule has 2 saturated heterocycles. The van der Waals surface area contributed by atoms with Gasteiger partial charge in [0, 0.05) is 31.6 Å². The number of aromatic nitrogens is 1. The van der Waals surface area contributed by atoms with Crippen molar-refractivity contribution >= 4 is 22.7 Å². The molecule has 6 heteroatoms. The van der Waals surface area contributed by atoms with E-state index in [-0.39, 0.29) is 17.7 Å². The molecule has 4 rings (SSSR count). The number of carbonyl (C=O) groups is 2. The highest BCUT2D eigenvalue weighted by atomic mass is 16.5. The normalized spacial score (nSPS) is 21.0. The van der Waals surface area contributed by atoms with Crippen molar-refractivity contribution in [2.45, 2.75) is 12.8 Å². The monoisotopic (exact) mass is 353 g/mol. The fraction of sp³-hybridized carbons (Fsp3) is 0.450. The van der Waals surface area contributed by atoms with Gasteiger partial charge in [0.2, 0.25) is 5.91 Å². The van der Waals surface area contributed by atoms with Crippen molar-refractivity contribution in [1.29, 1.82) is 0 Å². The van der Waals surface area contributed by atoms with Crippen LogP contribution >= 0.6 is 0 Å². The predicted molar refractivity (Wildman–Crippen MR) is 97.8 cm³/mol. The molecule has 1 aromatic carbocycles. The Balaban J connectivity index is 1.47. The number of pyridine rings is 1. The maximum atomic E-state index is 12.9. The molecular weight excluding hydrogens is 330 g/mol. The lowest BCUT2D eigenvalue weighted by atomic mass is 9.96. The Kier molecular flexibility index (Phi) is 4.84. The van der Waals surface area contributed by atoms with E-state index < -0.39 is 0 Å². The summed E-state index contributed by atoms with van der Waals surface area (Å²) in [4.78, 5) is 33.8. The average Bonchev–Trinajstić information content (AvgIpc) is 2.73. The van der Waals surface area contributed by atoms with Gasteiger partial charge in [-0.1, -0.05) is 24.3 Å². The Morgan fingerprint density at radius 3 is 2.65 bits per heavy atom. The van der Waals surface area contributed by atoms with Crippen molar-refractivity contribution in [3.8, 4) is 0 Å². The van der Waals surface area contributed by atoms with Gasteiger partial charge in [-0.15, -0.1) is 0 Å². The Bertz CT molecular complexity index is 817. The van der Waals surface area contributed by atoms with Crippen LogP contribution in [0.25, 0.3) is 10.9 Å². The second kappa shape index (κ2) is 7.41. The van der Waals surface area contributed by atoms with E-state index in [0.29, 0.717) is 45.1 Å². The van der Waals surface area contributed by atoms with Crippen molar-refractivity contribution < 1.29 is 14.3 Å². The molecule has 2 aliphatic rings. The molecule has 0 bridgehead atoms.